The molecule has 4 aliphatic rings. The average Bonchev–Trinajstić information content (AvgIpc) is 3.47. The highest BCUT2D eigenvalue weighted by molar-refractivity contribution is 5.78. The summed E-state index contributed by atoms with van der Waals surface area (Å²) in [6, 6.07) is 26.0. The van der Waals surface area contributed by atoms with Crippen LogP contribution in [0.5, 0.6) is 11.5 Å². The summed E-state index contributed by atoms with van der Waals surface area (Å²) in [5.41, 5.74) is 5.25. The van der Waals surface area contributed by atoms with Crippen molar-refractivity contribution in [2.75, 3.05) is 26.7 Å². The van der Waals surface area contributed by atoms with Gasteiger partial charge >= 0.3 is 0 Å². The predicted octanol–water partition coefficient (Wildman–Crippen LogP) is 7.74. The van der Waals surface area contributed by atoms with Crippen molar-refractivity contribution >= 4 is 11.7 Å². The smallest absolute Gasteiger partial charge is 0.222 e. The van der Waals surface area contributed by atoms with Crippen LogP contribution in [-0.4, -0.2) is 66.4 Å². The van der Waals surface area contributed by atoms with Gasteiger partial charge in [0, 0.05) is 30.0 Å². The van der Waals surface area contributed by atoms with Crippen molar-refractivity contribution in [3.05, 3.63) is 95.1 Å². The molecule has 0 aromatic heterocycles. The van der Waals surface area contributed by atoms with Crippen LogP contribution < -0.4 is 9.47 Å². The lowest BCUT2D eigenvalue weighted by atomic mass is 9.51. The van der Waals surface area contributed by atoms with Crippen LogP contribution >= 0.6 is 0 Å². The van der Waals surface area contributed by atoms with Crippen LogP contribution in [0.15, 0.2) is 72.8 Å². The minimum absolute atomic E-state index is 0.0217. The van der Waals surface area contributed by atoms with E-state index < -0.39 is 0 Å². The van der Waals surface area contributed by atoms with Gasteiger partial charge in [-0.15, -0.1) is 0 Å². The summed E-state index contributed by atoms with van der Waals surface area (Å²) in [5.74, 6) is 2.63. The quantitative estimate of drug-likeness (QED) is 0.147. The number of ketones is 1. The largest absolute Gasteiger partial charge is 0.493 e. The highest BCUT2D eigenvalue weighted by Gasteiger charge is 2.66. The first-order chi connectivity index (χ1) is 24.0. The van der Waals surface area contributed by atoms with Crippen LogP contribution in [0.1, 0.15) is 93.4 Å². The Morgan fingerprint density at radius 3 is 2.29 bits per heavy atom. The van der Waals surface area contributed by atoms with Crippen LogP contribution in [0.25, 0.3) is 0 Å². The van der Waals surface area contributed by atoms with Gasteiger partial charge in [0.1, 0.15) is 11.9 Å². The number of carbonyl (C=O) groups excluding carboxylic acids is 2. The van der Waals surface area contributed by atoms with Crippen molar-refractivity contribution in [2.45, 2.75) is 114 Å². The van der Waals surface area contributed by atoms with Gasteiger partial charge in [0.15, 0.2) is 11.5 Å². The number of Topliss-reactive ketones (excluding diaryl/α,β-unsaturated/α-hetero) is 1. The fraction of sp³-hybridized carbons (Fsp3) is 0.535. The van der Waals surface area contributed by atoms with Crippen molar-refractivity contribution in [3.8, 4) is 11.5 Å². The molecule has 0 unspecified atom stereocenters. The number of amides is 1. The third-order valence-corrected chi connectivity index (χ3v) is 12.2. The van der Waals surface area contributed by atoms with Crippen molar-refractivity contribution in [2.24, 2.45) is 5.92 Å². The lowest BCUT2D eigenvalue weighted by Gasteiger charge is -2.60. The molecule has 7 rings (SSSR count). The highest BCUT2D eigenvalue weighted by Crippen LogP contribution is 2.64. The maximum Gasteiger partial charge on any atom is 0.222 e. The van der Waals surface area contributed by atoms with Crippen molar-refractivity contribution < 1.29 is 19.1 Å². The Labute approximate surface area is 293 Å². The summed E-state index contributed by atoms with van der Waals surface area (Å²) in [6.07, 6.45) is 13.0. The molecule has 2 aliphatic heterocycles. The zero-order chi connectivity index (χ0) is 33.8. The van der Waals surface area contributed by atoms with E-state index in [1.807, 2.05) is 0 Å². The van der Waals surface area contributed by atoms with Gasteiger partial charge < -0.3 is 14.4 Å². The summed E-state index contributed by atoms with van der Waals surface area (Å²) in [6.45, 7) is 3.86. The highest BCUT2D eigenvalue weighted by atomic mass is 16.5. The van der Waals surface area contributed by atoms with Gasteiger partial charge in [-0.25, -0.2) is 0 Å². The van der Waals surface area contributed by atoms with Crippen LogP contribution in [0.4, 0.5) is 0 Å². The molecule has 2 heterocycles. The number of hydrogen-bond acceptors (Lipinski definition) is 5. The molecular weight excluding hydrogens is 608 g/mol. The third kappa shape index (κ3) is 6.78. The molecule has 0 N–H and O–H groups in total. The number of piperidine rings is 1. The van der Waals surface area contributed by atoms with Gasteiger partial charge in [0.25, 0.3) is 0 Å². The molecule has 1 amide bonds. The molecule has 5 atom stereocenters. The number of methoxy groups -OCH3 is 1. The van der Waals surface area contributed by atoms with Crippen LogP contribution in [0.3, 0.4) is 0 Å². The lowest BCUT2D eigenvalue weighted by Crippen LogP contribution is -2.69. The van der Waals surface area contributed by atoms with Gasteiger partial charge in [-0.3, -0.25) is 14.5 Å². The predicted molar refractivity (Wildman–Crippen MR) is 194 cm³/mol. The molecular formula is C43H54N2O4. The van der Waals surface area contributed by atoms with E-state index in [2.05, 4.69) is 82.6 Å². The molecule has 2 fully saturated rings. The number of rotatable bonds is 16. The van der Waals surface area contributed by atoms with Gasteiger partial charge in [-0.05, 0) is 99.9 Å². The number of unbranched alkanes of at least 4 members (excludes halogenated alkanes) is 4. The molecule has 2 aliphatic carbocycles. The summed E-state index contributed by atoms with van der Waals surface area (Å²) in [7, 11) is 1.73. The zero-order valence-electron chi connectivity index (χ0n) is 29.6. The van der Waals surface area contributed by atoms with Gasteiger partial charge in [-0.2, -0.15) is 0 Å². The summed E-state index contributed by atoms with van der Waals surface area (Å²) < 4.78 is 13.0. The van der Waals surface area contributed by atoms with E-state index in [9.17, 15) is 9.59 Å². The Kier molecular flexibility index (Phi) is 10.4. The normalized spacial score (nSPS) is 24.9. The minimum Gasteiger partial charge on any atom is -0.493 e. The van der Waals surface area contributed by atoms with E-state index in [0.717, 1.165) is 82.4 Å². The SMILES string of the molecule is COc1ccc2c3c1O[C@H]1[C@@H](N(CCCc4ccccc4)C(=O)CCCCCCCc4ccccc4)CC[C@H]4[C@@H](C2)N(CC(C)=O)CC[C@@]341. The van der Waals surface area contributed by atoms with Crippen LogP contribution in [0, 0.1) is 5.92 Å². The molecule has 0 radical (unpaired) electrons. The molecule has 6 nitrogen and oxygen atoms in total. The Morgan fingerprint density at radius 1 is 0.878 bits per heavy atom. The number of ether oxygens (including phenoxy) is 2. The Morgan fingerprint density at radius 2 is 1.57 bits per heavy atom. The monoisotopic (exact) mass is 662 g/mol. The number of aryl methyl sites for hydroxylation is 2. The van der Waals surface area contributed by atoms with E-state index in [1.54, 1.807) is 14.0 Å². The maximum atomic E-state index is 14.4. The first-order valence-electron chi connectivity index (χ1n) is 19.0. The zero-order valence-corrected chi connectivity index (χ0v) is 29.6. The number of likely N-dealkylation sites (tertiary alicyclic amines) is 1. The third-order valence-electron chi connectivity index (χ3n) is 12.2. The molecule has 260 valence electrons. The second-order valence-corrected chi connectivity index (χ2v) is 15.1. The van der Waals surface area contributed by atoms with Gasteiger partial charge in [0.2, 0.25) is 5.91 Å². The van der Waals surface area contributed by atoms with Crippen molar-refractivity contribution in [1.82, 2.24) is 9.80 Å². The second kappa shape index (κ2) is 15.1. The number of benzene rings is 3. The number of carbonyl (C=O) groups is 2. The molecule has 6 heteroatoms. The molecule has 2 bridgehead atoms. The molecule has 1 saturated heterocycles. The van der Waals surface area contributed by atoms with Crippen molar-refractivity contribution in [3.63, 3.8) is 0 Å². The molecule has 1 saturated carbocycles. The Hall–Kier alpha value is -3.64. The standard InChI is InChI=1S/C43H54N2O4/c1-31(46)30-44-28-26-43-35-23-24-36(42(43)49-41-38(48-2)25-22-34(40(41)43)29-37(35)44)45(27-14-20-33-18-11-7-12-19-33)39(47)21-13-5-3-4-8-15-32-16-9-6-10-17-32/h6-7,9-12,16-19,22,25,35-37,42H,3-5,8,13-15,20-21,23-24,26-30H2,1-2H3/t35-,36-,37+,42-,43-/m0/s1. The molecule has 3 aromatic rings. The number of hydrogen-bond donors (Lipinski definition) is 0. The van der Waals surface area contributed by atoms with E-state index in [4.69, 9.17) is 9.47 Å². The summed E-state index contributed by atoms with van der Waals surface area (Å²) >= 11 is 0. The summed E-state index contributed by atoms with van der Waals surface area (Å²) in [5, 5.41) is 0. The van der Waals surface area contributed by atoms with Crippen LogP contribution in [-0.2, 0) is 34.3 Å². The Bertz CT molecular complexity index is 1590. The minimum atomic E-state index is -0.158. The average molecular weight is 663 g/mol. The van der Waals surface area contributed by atoms with E-state index in [0.29, 0.717) is 24.9 Å². The molecule has 3 aromatic carbocycles. The van der Waals surface area contributed by atoms with Gasteiger partial charge in [0.05, 0.1) is 19.7 Å². The first kappa shape index (κ1) is 33.8. The lowest BCUT2D eigenvalue weighted by molar-refractivity contribution is -0.143. The molecule has 49 heavy (non-hydrogen) atoms. The fourth-order valence-corrected chi connectivity index (χ4v) is 10.0. The Balaban J connectivity index is 1.09. The topological polar surface area (TPSA) is 59.1 Å². The van der Waals surface area contributed by atoms with E-state index >= 15 is 0 Å². The van der Waals surface area contributed by atoms with Gasteiger partial charge in [-0.1, -0.05) is 86.0 Å². The van der Waals surface area contributed by atoms with Crippen LogP contribution in [0.2, 0.25) is 0 Å². The first-order valence-corrected chi connectivity index (χ1v) is 19.0. The fourth-order valence-electron chi connectivity index (χ4n) is 10.0. The van der Waals surface area contributed by atoms with E-state index in [1.165, 1.54) is 41.5 Å². The maximum absolute atomic E-state index is 14.4. The summed E-state index contributed by atoms with van der Waals surface area (Å²) in [4.78, 5) is 31.4. The van der Waals surface area contributed by atoms with Crippen molar-refractivity contribution in [1.29, 1.82) is 0 Å². The van der Waals surface area contributed by atoms with E-state index in [-0.39, 0.29) is 29.3 Å². The molecule has 1 spiro atoms. The second-order valence-electron chi connectivity index (χ2n) is 15.1. The number of nitrogens with zero attached hydrogens (tertiary/aromatic N) is 2.